The molecule has 1 heterocycles. The molecule has 0 aromatic carbocycles. The number of allylic oxidation sites excluding steroid dienone is 4. The number of rotatable bonds is 4. The molecule has 0 radical (unpaired) electrons. The molecule has 3 rings (SSSR count). The molecule has 0 spiro atoms. The number of Topliss-reactive ketones (excluding diaryl/α,β-unsaturated/α-hetero) is 2. The first-order chi connectivity index (χ1) is 13.7. The third-order valence-corrected chi connectivity index (χ3v) is 7.41. The van der Waals surface area contributed by atoms with Crippen LogP contribution in [0.2, 0.25) is 0 Å². The van der Waals surface area contributed by atoms with Crippen LogP contribution in [-0.4, -0.2) is 26.7 Å². The molecule has 1 aromatic rings. The van der Waals surface area contributed by atoms with Gasteiger partial charge in [-0.05, 0) is 26.8 Å². The van der Waals surface area contributed by atoms with E-state index in [4.69, 9.17) is 0 Å². The number of aliphatic hydroxyl groups is 2. The third kappa shape index (κ3) is 4.23. The van der Waals surface area contributed by atoms with Gasteiger partial charge in [0.05, 0.1) is 10.8 Å². The summed E-state index contributed by atoms with van der Waals surface area (Å²) in [6, 6.07) is 1.31. The maximum absolute atomic E-state index is 13.1. The molecule has 0 amide bonds. The Morgan fingerprint density at radius 1 is 1.00 bits per heavy atom. The maximum atomic E-state index is 13.1. The Kier molecular flexibility index (Phi) is 5.75. The summed E-state index contributed by atoms with van der Waals surface area (Å²) >= 11 is 4.21. The van der Waals surface area contributed by atoms with Crippen molar-refractivity contribution >= 4 is 44.5 Å². The van der Waals surface area contributed by atoms with Crippen LogP contribution in [-0.2, 0) is 9.59 Å². The smallest absolute Gasteiger partial charge is 0.294 e. The number of carbonyl (C=O) groups excluding carboxylic acids is 2. The highest BCUT2D eigenvalue weighted by Crippen LogP contribution is 2.50. The molecular weight excluding hydrogens is 474 g/mol. The van der Waals surface area contributed by atoms with Crippen LogP contribution in [0.4, 0.5) is 5.69 Å². The van der Waals surface area contributed by atoms with Crippen molar-refractivity contribution in [2.24, 2.45) is 10.8 Å². The molecule has 2 aliphatic rings. The van der Waals surface area contributed by atoms with Gasteiger partial charge in [-0.25, -0.2) is 0 Å². The van der Waals surface area contributed by atoms with E-state index in [1.807, 2.05) is 27.7 Å². The number of halogens is 1. The van der Waals surface area contributed by atoms with Crippen LogP contribution >= 0.6 is 27.3 Å². The zero-order valence-electron chi connectivity index (χ0n) is 17.2. The van der Waals surface area contributed by atoms with E-state index in [-0.39, 0.29) is 69.4 Å². The Labute approximate surface area is 186 Å². The topological polar surface area (TPSA) is 118 Å². The lowest BCUT2D eigenvalue weighted by molar-refractivity contribution is -0.385. The second kappa shape index (κ2) is 7.60. The van der Waals surface area contributed by atoms with Gasteiger partial charge in [-0.3, -0.25) is 19.7 Å². The standard InChI is InChI=1S/C21H24BrNO6S/c1-20(2)6-11(24)16(12(25)7-20)18(15-5-10(23(28)29)19(22)30-15)17-13(26)8-21(3,4)9-14(17)27/h5,18,24,26H,6-9H2,1-4H3. The average Bonchev–Trinajstić information content (AvgIpc) is 2.91. The van der Waals surface area contributed by atoms with Gasteiger partial charge >= 0.3 is 0 Å². The largest absolute Gasteiger partial charge is 0.512 e. The van der Waals surface area contributed by atoms with Crippen LogP contribution in [0.3, 0.4) is 0 Å². The van der Waals surface area contributed by atoms with E-state index in [9.17, 15) is 29.9 Å². The Bertz CT molecular complexity index is 965. The second-order valence-electron chi connectivity index (χ2n) is 9.60. The predicted molar refractivity (Wildman–Crippen MR) is 117 cm³/mol. The van der Waals surface area contributed by atoms with Gasteiger partial charge in [-0.2, -0.15) is 0 Å². The lowest BCUT2D eigenvalue weighted by Crippen LogP contribution is -2.33. The van der Waals surface area contributed by atoms with Crippen molar-refractivity contribution < 1.29 is 24.7 Å². The normalized spacial score (nSPS) is 21.5. The summed E-state index contributed by atoms with van der Waals surface area (Å²) in [6.07, 6.45) is 0.830. The zero-order chi connectivity index (χ0) is 22.6. The van der Waals surface area contributed by atoms with Gasteiger partial charge < -0.3 is 10.2 Å². The summed E-state index contributed by atoms with van der Waals surface area (Å²) in [5, 5.41) is 33.0. The molecule has 9 heteroatoms. The first kappa shape index (κ1) is 22.7. The molecule has 0 saturated carbocycles. The lowest BCUT2D eigenvalue weighted by Gasteiger charge is -2.36. The van der Waals surface area contributed by atoms with Crippen molar-refractivity contribution in [2.45, 2.75) is 59.3 Å². The number of thiophene rings is 1. The second-order valence-corrected chi connectivity index (χ2v) is 12.0. The fourth-order valence-corrected chi connectivity index (χ4v) is 6.12. The van der Waals surface area contributed by atoms with Gasteiger partial charge in [0.15, 0.2) is 11.6 Å². The van der Waals surface area contributed by atoms with Crippen LogP contribution in [0.5, 0.6) is 0 Å². The van der Waals surface area contributed by atoms with Gasteiger partial charge in [-0.15, -0.1) is 11.3 Å². The fraction of sp³-hybridized carbons (Fsp3) is 0.524. The van der Waals surface area contributed by atoms with Gasteiger partial charge in [0.2, 0.25) is 0 Å². The van der Waals surface area contributed by atoms with Crippen molar-refractivity contribution in [3.63, 3.8) is 0 Å². The average molecular weight is 498 g/mol. The molecule has 0 aliphatic heterocycles. The Balaban J connectivity index is 2.26. The van der Waals surface area contributed by atoms with Crippen molar-refractivity contribution in [3.8, 4) is 0 Å². The highest BCUT2D eigenvalue weighted by Gasteiger charge is 2.44. The molecule has 0 atom stereocenters. The van der Waals surface area contributed by atoms with E-state index >= 15 is 0 Å². The van der Waals surface area contributed by atoms with Gasteiger partial charge in [-0.1, -0.05) is 27.7 Å². The minimum absolute atomic E-state index is 0.0487. The van der Waals surface area contributed by atoms with Gasteiger partial charge in [0, 0.05) is 47.8 Å². The van der Waals surface area contributed by atoms with Crippen molar-refractivity contribution in [1.29, 1.82) is 0 Å². The monoisotopic (exact) mass is 497 g/mol. The van der Waals surface area contributed by atoms with E-state index in [1.165, 1.54) is 6.07 Å². The summed E-state index contributed by atoms with van der Waals surface area (Å²) in [5.74, 6) is -1.94. The first-order valence-electron chi connectivity index (χ1n) is 9.56. The molecule has 162 valence electrons. The van der Waals surface area contributed by atoms with Gasteiger partial charge in [0.1, 0.15) is 15.3 Å². The molecule has 2 N–H and O–H groups in total. The number of aliphatic hydroxyl groups excluding tert-OH is 2. The van der Waals surface area contributed by atoms with Crippen molar-refractivity contribution in [2.75, 3.05) is 0 Å². The summed E-state index contributed by atoms with van der Waals surface area (Å²) in [6.45, 7) is 7.46. The number of ketones is 2. The fourth-order valence-electron chi connectivity index (χ4n) is 4.33. The van der Waals surface area contributed by atoms with E-state index in [1.54, 1.807) is 0 Å². The summed E-state index contributed by atoms with van der Waals surface area (Å²) in [7, 11) is 0. The Morgan fingerprint density at radius 2 is 1.43 bits per heavy atom. The molecule has 0 bridgehead atoms. The number of nitro groups is 1. The Hall–Kier alpha value is -2.00. The highest BCUT2D eigenvalue weighted by molar-refractivity contribution is 9.11. The van der Waals surface area contributed by atoms with E-state index in [2.05, 4.69) is 15.9 Å². The van der Waals surface area contributed by atoms with Crippen LogP contribution < -0.4 is 0 Å². The minimum atomic E-state index is -1.03. The van der Waals surface area contributed by atoms with Gasteiger partial charge in [0.25, 0.3) is 5.69 Å². The summed E-state index contributed by atoms with van der Waals surface area (Å²) in [5.41, 5.74) is -0.967. The predicted octanol–water partition coefficient (Wildman–Crippen LogP) is 5.90. The highest BCUT2D eigenvalue weighted by atomic mass is 79.9. The Morgan fingerprint density at radius 3 is 1.77 bits per heavy atom. The van der Waals surface area contributed by atoms with E-state index in [0.717, 1.165) is 11.3 Å². The van der Waals surface area contributed by atoms with Crippen molar-refractivity contribution in [1.82, 2.24) is 0 Å². The molecular formula is C21H24BrNO6S. The maximum Gasteiger partial charge on any atom is 0.294 e. The molecule has 7 nitrogen and oxygen atoms in total. The number of carbonyl (C=O) groups is 2. The van der Waals surface area contributed by atoms with Crippen molar-refractivity contribution in [3.05, 3.63) is 47.5 Å². The molecule has 30 heavy (non-hydrogen) atoms. The van der Waals surface area contributed by atoms with E-state index in [0.29, 0.717) is 4.88 Å². The van der Waals surface area contributed by atoms with Crippen LogP contribution in [0, 0.1) is 20.9 Å². The number of hydrogen-bond donors (Lipinski definition) is 2. The quantitative estimate of drug-likeness (QED) is 0.394. The molecule has 1 aromatic heterocycles. The number of hydrogen-bond acceptors (Lipinski definition) is 7. The van der Waals surface area contributed by atoms with Crippen LogP contribution in [0.25, 0.3) is 0 Å². The summed E-state index contributed by atoms with van der Waals surface area (Å²) < 4.78 is 0.250. The SMILES string of the molecule is CC1(C)CC(=O)C(C(C2=C(O)CC(C)(C)CC2=O)c2cc([N+](=O)[O-])c(Br)s2)=C(O)C1. The zero-order valence-corrected chi connectivity index (χ0v) is 19.6. The summed E-state index contributed by atoms with van der Waals surface area (Å²) in [4.78, 5) is 37.3. The molecule has 0 saturated heterocycles. The first-order valence-corrected chi connectivity index (χ1v) is 11.2. The van der Waals surface area contributed by atoms with E-state index < -0.39 is 21.7 Å². The third-order valence-electron chi connectivity index (χ3n) is 5.54. The molecule has 0 unspecified atom stereocenters. The molecule has 2 aliphatic carbocycles. The molecule has 0 fully saturated rings. The lowest BCUT2D eigenvalue weighted by atomic mass is 9.68. The van der Waals surface area contributed by atoms with Crippen LogP contribution in [0.1, 0.15) is 64.2 Å². The minimum Gasteiger partial charge on any atom is -0.512 e. The van der Waals surface area contributed by atoms with Crippen LogP contribution in [0.15, 0.2) is 32.5 Å². The number of nitrogens with zero attached hydrogens (tertiary/aromatic N) is 1.